The average Bonchev–Trinajstić information content (AvgIpc) is 2.41. The molecule has 18 heavy (non-hydrogen) atoms. The lowest BCUT2D eigenvalue weighted by molar-refractivity contribution is 0.0912. The monoisotopic (exact) mass is 244 g/mol. The number of hydrogen-bond acceptors (Lipinski definition) is 4. The number of nitrogens with one attached hydrogen (secondary N) is 1. The first kappa shape index (κ1) is 12.5. The van der Waals surface area contributed by atoms with E-state index >= 15 is 0 Å². The highest BCUT2D eigenvalue weighted by Gasteiger charge is 2.19. The Kier molecular flexibility index (Phi) is 3.90. The van der Waals surface area contributed by atoms with Gasteiger partial charge in [0.1, 0.15) is 11.8 Å². The number of amides is 1. The van der Waals surface area contributed by atoms with Crippen LogP contribution in [0.4, 0.5) is 0 Å². The minimum Gasteiger partial charge on any atom is -0.348 e. The first-order valence-corrected chi connectivity index (χ1v) is 6.04. The van der Waals surface area contributed by atoms with Crippen molar-refractivity contribution in [1.29, 1.82) is 5.26 Å². The van der Waals surface area contributed by atoms with Gasteiger partial charge in [-0.3, -0.25) is 4.79 Å². The van der Waals surface area contributed by atoms with Crippen molar-refractivity contribution in [3.8, 4) is 6.07 Å². The summed E-state index contributed by atoms with van der Waals surface area (Å²) in [6.45, 7) is 2.01. The van der Waals surface area contributed by atoms with E-state index in [0.29, 0.717) is 11.3 Å². The van der Waals surface area contributed by atoms with Crippen LogP contribution in [-0.4, -0.2) is 42.0 Å². The second-order valence-electron chi connectivity index (χ2n) is 4.59. The van der Waals surface area contributed by atoms with E-state index in [1.165, 1.54) is 6.20 Å². The van der Waals surface area contributed by atoms with E-state index in [9.17, 15) is 4.79 Å². The van der Waals surface area contributed by atoms with Crippen LogP contribution in [0.2, 0.25) is 0 Å². The molecule has 5 nitrogen and oxygen atoms in total. The van der Waals surface area contributed by atoms with Gasteiger partial charge in [-0.1, -0.05) is 0 Å². The van der Waals surface area contributed by atoms with Crippen LogP contribution in [0.1, 0.15) is 28.9 Å². The zero-order chi connectivity index (χ0) is 13.0. The molecule has 1 fully saturated rings. The minimum absolute atomic E-state index is 0.158. The van der Waals surface area contributed by atoms with Gasteiger partial charge in [0.2, 0.25) is 0 Å². The molecule has 1 saturated heterocycles. The Morgan fingerprint density at radius 3 is 2.78 bits per heavy atom. The number of piperidine rings is 1. The van der Waals surface area contributed by atoms with Gasteiger partial charge >= 0.3 is 0 Å². The number of aromatic nitrogens is 1. The maximum Gasteiger partial charge on any atom is 0.270 e. The van der Waals surface area contributed by atoms with E-state index in [1.54, 1.807) is 12.1 Å². The van der Waals surface area contributed by atoms with Gasteiger partial charge in [-0.15, -0.1) is 0 Å². The highest BCUT2D eigenvalue weighted by atomic mass is 16.1. The molecule has 0 saturated carbocycles. The Bertz CT molecular complexity index is 455. The van der Waals surface area contributed by atoms with Crippen molar-refractivity contribution in [2.75, 3.05) is 20.1 Å². The van der Waals surface area contributed by atoms with Crippen molar-refractivity contribution in [3.63, 3.8) is 0 Å². The lowest BCUT2D eigenvalue weighted by atomic mass is 10.1. The molecule has 1 aliphatic heterocycles. The Morgan fingerprint density at radius 1 is 1.50 bits per heavy atom. The predicted molar refractivity (Wildman–Crippen MR) is 66.9 cm³/mol. The van der Waals surface area contributed by atoms with Gasteiger partial charge in [-0.25, -0.2) is 4.98 Å². The standard InChI is InChI=1S/C13H16N4O/c1-17-6-4-11(5-7-17)16-13(18)12-3-2-10(8-14)9-15-12/h2-3,9,11H,4-7H2,1H3,(H,16,18). The molecular weight excluding hydrogens is 228 g/mol. The molecule has 94 valence electrons. The molecule has 0 atom stereocenters. The summed E-state index contributed by atoms with van der Waals surface area (Å²) in [5.74, 6) is -0.158. The van der Waals surface area contributed by atoms with E-state index in [2.05, 4.69) is 22.2 Å². The van der Waals surface area contributed by atoms with Crippen LogP contribution in [-0.2, 0) is 0 Å². The molecule has 2 rings (SSSR count). The lowest BCUT2D eigenvalue weighted by Crippen LogP contribution is -2.43. The van der Waals surface area contributed by atoms with Gasteiger partial charge in [0.05, 0.1) is 5.56 Å². The number of carbonyl (C=O) groups excluding carboxylic acids is 1. The third-order valence-corrected chi connectivity index (χ3v) is 3.18. The number of likely N-dealkylation sites (tertiary alicyclic amines) is 1. The van der Waals surface area contributed by atoms with Crippen LogP contribution in [0.15, 0.2) is 18.3 Å². The molecule has 0 spiro atoms. The molecule has 0 bridgehead atoms. The zero-order valence-electron chi connectivity index (χ0n) is 10.4. The van der Waals surface area contributed by atoms with Crippen molar-refractivity contribution in [2.24, 2.45) is 0 Å². The van der Waals surface area contributed by atoms with Crippen LogP contribution < -0.4 is 5.32 Å². The number of carbonyl (C=O) groups is 1. The van der Waals surface area contributed by atoms with Crippen LogP contribution in [0, 0.1) is 11.3 Å². The molecule has 5 heteroatoms. The molecule has 0 aromatic carbocycles. The summed E-state index contributed by atoms with van der Waals surface area (Å²) in [4.78, 5) is 18.2. The van der Waals surface area contributed by atoms with E-state index in [-0.39, 0.29) is 11.9 Å². The molecule has 2 heterocycles. The third-order valence-electron chi connectivity index (χ3n) is 3.18. The fraction of sp³-hybridized carbons (Fsp3) is 0.462. The van der Waals surface area contributed by atoms with Crippen molar-refractivity contribution in [1.82, 2.24) is 15.2 Å². The molecule has 0 aliphatic carbocycles. The minimum atomic E-state index is -0.158. The highest BCUT2D eigenvalue weighted by molar-refractivity contribution is 5.92. The smallest absolute Gasteiger partial charge is 0.270 e. The van der Waals surface area contributed by atoms with Gasteiger partial charge in [-0.05, 0) is 45.1 Å². The zero-order valence-corrected chi connectivity index (χ0v) is 10.4. The van der Waals surface area contributed by atoms with E-state index in [0.717, 1.165) is 25.9 Å². The SMILES string of the molecule is CN1CCC(NC(=O)c2ccc(C#N)cn2)CC1. The van der Waals surface area contributed by atoms with Crippen molar-refractivity contribution in [2.45, 2.75) is 18.9 Å². The van der Waals surface area contributed by atoms with Crippen molar-refractivity contribution >= 4 is 5.91 Å². The number of rotatable bonds is 2. The summed E-state index contributed by atoms with van der Waals surface area (Å²) in [6, 6.07) is 5.40. The topological polar surface area (TPSA) is 69.0 Å². The van der Waals surface area contributed by atoms with E-state index in [4.69, 9.17) is 5.26 Å². The molecule has 1 aromatic heterocycles. The van der Waals surface area contributed by atoms with Crippen molar-refractivity contribution < 1.29 is 4.79 Å². The van der Waals surface area contributed by atoms with Gasteiger partial charge in [0, 0.05) is 12.2 Å². The van der Waals surface area contributed by atoms with Crippen LogP contribution >= 0.6 is 0 Å². The maximum absolute atomic E-state index is 11.9. The maximum atomic E-state index is 11.9. The molecule has 1 aromatic rings. The van der Waals surface area contributed by atoms with Gasteiger partial charge < -0.3 is 10.2 Å². The Morgan fingerprint density at radius 2 is 2.22 bits per heavy atom. The number of hydrogen-bond donors (Lipinski definition) is 1. The van der Waals surface area contributed by atoms with Crippen LogP contribution in [0.3, 0.4) is 0 Å². The number of nitrogens with zero attached hydrogens (tertiary/aromatic N) is 3. The molecule has 1 aliphatic rings. The molecule has 0 radical (unpaired) electrons. The van der Waals surface area contributed by atoms with Gasteiger partial charge in [-0.2, -0.15) is 5.26 Å². The normalized spacial score (nSPS) is 17.1. The largest absolute Gasteiger partial charge is 0.348 e. The predicted octanol–water partition coefficient (Wildman–Crippen LogP) is 0.777. The fourth-order valence-electron chi connectivity index (χ4n) is 2.01. The van der Waals surface area contributed by atoms with Crippen LogP contribution in [0.5, 0.6) is 0 Å². The summed E-state index contributed by atoms with van der Waals surface area (Å²) in [6.07, 6.45) is 3.36. The quantitative estimate of drug-likeness (QED) is 0.834. The van der Waals surface area contributed by atoms with Crippen LogP contribution in [0.25, 0.3) is 0 Å². The van der Waals surface area contributed by atoms with Gasteiger partial charge in [0.15, 0.2) is 0 Å². The first-order chi connectivity index (χ1) is 8.69. The third kappa shape index (κ3) is 3.05. The summed E-state index contributed by atoms with van der Waals surface area (Å²) in [5, 5.41) is 11.6. The van der Waals surface area contributed by atoms with E-state index < -0.39 is 0 Å². The Labute approximate surface area is 106 Å². The lowest BCUT2D eigenvalue weighted by Gasteiger charge is -2.29. The Hall–Kier alpha value is -1.93. The summed E-state index contributed by atoms with van der Waals surface area (Å²) in [7, 11) is 2.08. The number of nitriles is 1. The highest BCUT2D eigenvalue weighted by Crippen LogP contribution is 2.09. The average molecular weight is 244 g/mol. The molecule has 1 amide bonds. The fourth-order valence-corrected chi connectivity index (χ4v) is 2.01. The summed E-state index contributed by atoms with van der Waals surface area (Å²) >= 11 is 0. The second kappa shape index (κ2) is 5.61. The Balaban J connectivity index is 1.93. The van der Waals surface area contributed by atoms with Gasteiger partial charge in [0.25, 0.3) is 5.91 Å². The number of pyridine rings is 1. The molecule has 0 unspecified atom stereocenters. The summed E-state index contributed by atoms with van der Waals surface area (Å²) < 4.78 is 0. The first-order valence-electron chi connectivity index (χ1n) is 6.04. The molecule has 1 N–H and O–H groups in total. The molecular formula is C13H16N4O. The summed E-state index contributed by atoms with van der Waals surface area (Å²) in [5.41, 5.74) is 0.832. The second-order valence-corrected chi connectivity index (χ2v) is 4.59. The van der Waals surface area contributed by atoms with E-state index in [1.807, 2.05) is 6.07 Å². The van der Waals surface area contributed by atoms with Crippen molar-refractivity contribution in [3.05, 3.63) is 29.6 Å².